The first kappa shape index (κ1) is 69.0. The number of aryl methyl sites for hydroxylation is 2. The highest BCUT2D eigenvalue weighted by atomic mass is 32.1. The molecule has 1 amide bonds. The first-order valence-corrected chi connectivity index (χ1v) is 32.1. The molecule has 85 heavy (non-hydrogen) atoms. The summed E-state index contributed by atoms with van der Waals surface area (Å²) in [4.78, 5) is 104. The fraction of sp³-hybridized carbons (Fsp3) is 0.677. The van der Waals surface area contributed by atoms with Crippen molar-refractivity contribution in [3.05, 3.63) is 79.8 Å². The van der Waals surface area contributed by atoms with Gasteiger partial charge in [0.2, 0.25) is 29.9 Å². The van der Waals surface area contributed by atoms with Crippen LogP contribution < -0.4 is 9.13 Å². The van der Waals surface area contributed by atoms with E-state index in [2.05, 4.69) is 0 Å². The number of aromatic nitrogens is 2. The number of piperidine rings is 1. The molecule has 6 rings (SSSR count). The van der Waals surface area contributed by atoms with E-state index in [-0.39, 0.29) is 68.3 Å². The van der Waals surface area contributed by atoms with E-state index in [1.54, 1.807) is 57.0 Å². The van der Waals surface area contributed by atoms with E-state index in [4.69, 9.17) is 33.2 Å². The fourth-order valence-corrected chi connectivity index (χ4v) is 14.0. The van der Waals surface area contributed by atoms with Gasteiger partial charge in [-0.2, -0.15) is 9.13 Å². The number of rotatable bonds is 12. The largest absolute Gasteiger partial charge is 0.460 e. The van der Waals surface area contributed by atoms with E-state index in [0.717, 1.165) is 26.7 Å². The number of thiazole rings is 2. The van der Waals surface area contributed by atoms with Gasteiger partial charge in [-0.25, -0.2) is 14.4 Å². The molecule has 470 valence electrons. The molecule has 4 aliphatic rings. The van der Waals surface area contributed by atoms with Gasteiger partial charge in [-0.05, 0) is 121 Å². The van der Waals surface area contributed by atoms with Gasteiger partial charge in [0.25, 0.3) is 11.7 Å². The molecule has 3 fully saturated rings. The summed E-state index contributed by atoms with van der Waals surface area (Å²) >= 11 is 3.06. The van der Waals surface area contributed by atoms with E-state index in [0.29, 0.717) is 63.4 Å². The monoisotopic (exact) mass is 1220 g/mol. The molecule has 1 aliphatic carbocycles. The Bertz CT molecular complexity index is 2800. The molecule has 15 atom stereocenters. The molecule has 5 heterocycles. The number of ether oxygens (including phenoxy) is 7. The molecule has 0 radical (unpaired) electrons. The summed E-state index contributed by atoms with van der Waals surface area (Å²) in [7, 11) is 4.57. The maximum Gasteiger partial charge on any atom is 0.373 e. The molecule has 1 saturated carbocycles. The zero-order valence-corrected chi connectivity index (χ0v) is 54.3. The van der Waals surface area contributed by atoms with Crippen molar-refractivity contribution >= 4 is 63.8 Å². The molecule has 2 bridgehead atoms. The number of ketones is 3. The van der Waals surface area contributed by atoms with E-state index >= 15 is 0 Å². The summed E-state index contributed by atoms with van der Waals surface area (Å²) in [6.07, 6.45) is 10.6. The zero-order valence-electron chi connectivity index (χ0n) is 52.6. The SMILES string of the molecule is CO[C@H]1C[C@@H]2CC[C@@H](C)[C@@](O)(O2)C(=O)C(=O)N2CCCC[C@H]2C(=O)O[C@H]([C@H](C)C[C@@H]2CC[C@@H](OC(=O)C[n+]3csc(C)c3C)[C@H](OC)C2)CC(=O)[C@H](C)/C=C(\C)[C@@H](OC(=O)C[n+]2csc(C)c2C)[C@@H](OC)C(=O)[C@H](C)C[C@H](C)/C=C/C=C/C=C/1C. The van der Waals surface area contributed by atoms with Crippen LogP contribution in [0, 0.1) is 63.2 Å². The second kappa shape index (κ2) is 31.7. The van der Waals surface area contributed by atoms with Crippen LogP contribution in [-0.2, 0) is 79.8 Å². The average Bonchev–Trinajstić information content (AvgIpc) is 3.98. The van der Waals surface area contributed by atoms with Gasteiger partial charge < -0.3 is 43.2 Å². The van der Waals surface area contributed by atoms with E-state index in [1.807, 2.05) is 101 Å². The lowest BCUT2D eigenvalue weighted by atomic mass is 9.78. The number of hydrogen-bond acceptors (Lipinski definition) is 17. The summed E-state index contributed by atoms with van der Waals surface area (Å²) < 4.78 is 46.4. The summed E-state index contributed by atoms with van der Waals surface area (Å²) in [5.74, 6) is -9.61. The van der Waals surface area contributed by atoms with Crippen LogP contribution in [0.15, 0.2) is 58.6 Å². The Labute approximate surface area is 511 Å². The van der Waals surface area contributed by atoms with Gasteiger partial charge in [-0.1, -0.05) is 93.7 Å². The molecule has 1 N–H and O–H groups in total. The normalized spacial score (nSPS) is 33.6. The summed E-state index contributed by atoms with van der Waals surface area (Å²) in [6, 6.07) is -1.20. The van der Waals surface area contributed by atoms with Crippen LogP contribution in [0.5, 0.6) is 0 Å². The molecule has 18 nitrogen and oxygen atoms in total. The van der Waals surface area contributed by atoms with Crippen molar-refractivity contribution in [2.45, 2.75) is 221 Å². The van der Waals surface area contributed by atoms with Gasteiger partial charge in [-0.15, -0.1) is 0 Å². The van der Waals surface area contributed by atoms with Crippen LogP contribution in [0.4, 0.5) is 0 Å². The maximum absolute atomic E-state index is 14.8. The number of nitrogens with zero attached hydrogens (tertiary/aromatic N) is 3. The Balaban J connectivity index is 1.33. The van der Waals surface area contributed by atoms with Crippen molar-refractivity contribution < 1.29 is 81.0 Å². The highest BCUT2D eigenvalue weighted by molar-refractivity contribution is 7.09. The van der Waals surface area contributed by atoms with Gasteiger partial charge in [0.05, 0.1) is 28.1 Å². The lowest BCUT2D eigenvalue weighted by molar-refractivity contribution is -0.687. The minimum atomic E-state index is -2.47. The first-order valence-electron chi connectivity index (χ1n) is 30.4. The number of carbonyl (C=O) groups excluding carboxylic acids is 7. The van der Waals surface area contributed by atoms with Gasteiger partial charge in [0.1, 0.15) is 24.0 Å². The van der Waals surface area contributed by atoms with Crippen molar-refractivity contribution in [2.75, 3.05) is 27.9 Å². The van der Waals surface area contributed by atoms with E-state index in [1.165, 1.54) is 23.3 Å². The van der Waals surface area contributed by atoms with Crippen LogP contribution in [0.25, 0.3) is 0 Å². The number of esters is 3. The molecule has 2 saturated heterocycles. The van der Waals surface area contributed by atoms with E-state index in [9.17, 15) is 38.7 Å². The van der Waals surface area contributed by atoms with Gasteiger partial charge >= 0.3 is 17.9 Å². The Morgan fingerprint density at radius 2 is 1.41 bits per heavy atom. The van der Waals surface area contributed by atoms with Gasteiger partial charge in [-0.3, -0.25) is 19.2 Å². The first-order chi connectivity index (χ1) is 40.3. The van der Waals surface area contributed by atoms with Crippen molar-refractivity contribution in [1.82, 2.24) is 4.90 Å². The Morgan fingerprint density at radius 1 is 0.753 bits per heavy atom. The third-order valence-electron chi connectivity index (χ3n) is 18.2. The zero-order chi connectivity index (χ0) is 62.4. The highest BCUT2D eigenvalue weighted by Gasteiger charge is 2.53. The maximum atomic E-state index is 14.8. The molecule has 3 aliphatic heterocycles. The van der Waals surface area contributed by atoms with E-state index < -0.39 is 102 Å². The van der Waals surface area contributed by atoms with Crippen LogP contribution in [-0.4, -0.2) is 134 Å². The fourth-order valence-electron chi connectivity index (χ4n) is 12.4. The average molecular weight is 1220 g/mol. The second-order valence-electron chi connectivity index (χ2n) is 24.5. The summed E-state index contributed by atoms with van der Waals surface area (Å²) in [6.45, 7) is 20.6. The molecule has 0 spiro atoms. The minimum Gasteiger partial charge on any atom is -0.460 e. The van der Waals surface area contributed by atoms with Gasteiger partial charge in [0.15, 0.2) is 29.4 Å². The third kappa shape index (κ3) is 18.0. The molecule has 20 heteroatoms. The molecule has 0 unspecified atom stereocenters. The number of Topliss-reactive ketones (excluding diaryl/α,β-unsaturated/α-hetero) is 3. The van der Waals surface area contributed by atoms with Crippen LogP contribution in [0.3, 0.4) is 0 Å². The van der Waals surface area contributed by atoms with Crippen LogP contribution >= 0.6 is 22.7 Å². The summed E-state index contributed by atoms with van der Waals surface area (Å²) in [5.41, 5.74) is 6.92. The lowest BCUT2D eigenvalue weighted by Crippen LogP contribution is -2.61. The number of allylic oxidation sites excluding steroid dienone is 6. The smallest absolute Gasteiger partial charge is 0.373 e. The number of aliphatic hydroxyl groups is 1. The molecular weight excluding hydrogens is 1130 g/mol. The van der Waals surface area contributed by atoms with Crippen molar-refractivity contribution in [2.24, 2.45) is 35.5 Å². The predicted molar refractivity (Wildman–Crippen MR) is 321 cm³/mol. The lowest BCUT2D eigenvalue weighted by Gasteiger charge is -2.42. The van der Waals surface area contributed by atoms with Crippen LogP contribution in [0.1, 0.15) is 147 Å². The van der Waals surface area contributed by atoms with Crippen molar-refractivity contribution in [1.29, 1.82) is 0 Å². The highest BCUT2D eigenvalue weighted by Crippen LogP contribution is 2.38. The third-order valence-corrected chi connectivity index (χ3v) is 20.2. The number of cyclic esters (lactones) is 1. The quantitative estimate of drug-likeness (QED) is 0.0692. The van der Waals surface area contributed by atoms with Crippen molar-refractivity contribution in [3.63, 3.8) is 0 Å². The molecule has 2 aromatic rings. The second-order valence-corrected chi connectivity index (χ2v) is 26.6. The van der Waals surface area contributed by atoms with Gasteiger partial charge in [0, 0.05) is 72.3 Å². The number of fused-ring (bicyclic) bond motifs is 3. The molecule has 2 aromatic heterocycles. The Hall–Kier alpha value is -5.09. The molecule has 0 aromatic carbocycles. The Morgan fingerprint density at radius 3 is 2.02 bits per heavy atom. The number of methoxy groups -OCH3 is 3. The molecular formula is C65H95N3O15S2+2. The topological polar surface area (TPSA) is 215 Å². The standard InChI is InChI=1S/C65H95N3O15S2/c1-38-20-16-15-17-21-39(2)54(77-12)32-50-25-23-44(7)65(76,83-50)62(73)63(74)68-27-19-18-22-51(68)64(75)81-55(41(4)30-49-24-26-53(56(31-49)78-13)80-57(70)34-66-36-84-47(10)45(66)8)33-52(69)40(3)29-43(6)60(61(79-14)59(72)42(5)28-38)82-58(71)35-67-37-85-48(11)46(67)9/h15-17,20-21,29,36-38,40-42,44,49-51,53-56,60-61,76H,18-19,22-28,30-35H2,1-14H3/q+2/b17-15+,20-16+,39-21+,43-29+/t38-,40-,41-,42-,44-,49+,50+,51+,53-,54+,55+,56-,60-,61+,65-/m1/s1. The van der Waals surface area contributed by atoms with Crippen LogP contribution in [0.2, 0.25) is 0 Å². The Kier molecular flexibility index (Phi) is 25.7. The minimum absolute atomic E-state index is 0.0118. The number of hydrogen-bond donors (Lipinski definition) is 1. The van der Waals surface area contributed by atoms with Crippen molar-refractivity contribution in [3.8, 4) is 0 Å². The number of carbonyl (C=O) groups is 7. The predicted octanol–water partition coefficient (Wildman–Crippen LogP) is 8.61. The number of amides is 1. The summed E-state index contributed by atoms with van der Waals surface area (Å²) in [5, 5.41) is 12.1.